The van der Waals surface area contributed by atoms with Crippen molar-refractivity contribution in [3.05, 3.63) is 92.7 Å². The molecule has 6 rings (SSSR count). The molecular weight excluding hydrogens is 606 g/mol. The van der Waals surface area contributed by atoms with Gasteiger partial charge in [-0.1, -0.05) is 44.0 Å². The first kappa shape index (κ1) is 33.2. The molecule has 11 nitrogen and oxygen atoms in total. The lowest BCUT2D eigenvalue weighted by Gasteiger charge is -2.37. The second-order valence-corrected chi connectivity index (χ2v) is 13.2. The number of nitrogens with zero attached hydrogens (tertiary/aromatic N) is 4. The Morgan fingerprint density at radius 2 is 1.69 bits per heavy atom. The maximum absolute atomic E-state index is 13.2. The van der Waals surface area contributed by atoms with Crippen LogP contribution in [0.1, 0.15) is 101 Å². The number of hydrogen-bond acceptors (Lipinski definition) is 8. The number of carbonyl (C=O) groups is 2. The van der Waals surface area contributed by atoms with Crippen molar-refractivity contribution >= 4 is 17.5 Å². The molecule has 3 aromatic rings. The van der Waals surface area contributed by atoms with Gasteiger partial charge in [0.05, 0.1) is 24.1 Å². The maximum atomic E-state index is 13.2. The van der Waals surface area contributed by atoms with Gasteiger partial charge in [0.2, 0.25) is 5.91 Å². The largest absolute Gasteiger partial charge is 0.459 e. The van der Waals surface area contributed by atoms with E-state index in [-0.39, 0.29) is 30.4 Å². The Bertz CT molecular complexity index is 1730. The van der Waals surface area contributed by atoms with Crippen LogP contribution in [0.15, 0.2) is 52.3 Å². The van der Waals surface area contributed by atoms with Crippen molar-refractivity contribution in [2.75, 3.05) is 33.7 Å². The van der Waals surface area contributed by atoms with Crippen molar-refractivity contribution < 1.29 is 14.1 Å². The van der Waals surface area contributed by atoms with E-state index in [0.29, 0.717) is 50.2 Å². The van der Waals surface area contributed by atoms with E-state index in [1.807, 2.05) is 31.3 Å². The maximum Gasteiger partial charge on any atom is 0.459 e. The minimum atomic E-state index is -0.940. The number of aromatic nitrogens is 2. The van der Waals surface area contributed by atoms with Crippen LogP contribution < -0.4 is 21.7 Å². The predicted molar refractivity (Wildman–Crippen MR) is 182 cm³/mol. The van der Waals surface area contributed by atoms with Gasteiger partial charge in [0.15, 0.2) is 5.82 Å². The lowest BCUT2D eigenvalue weighted by atomic mass is 9.68. The lowest BCUT2D eigenvalue weighted by molar-refractivity contribution is -0.130. The quantitative estimate of drug-likeness (QED) is 0.281. The van der Waals surface area contributed by atoms with E-state index >= 15 is 0 Å². The highest BCUT2D eigenvalue weighted by molar-refractivity contribution is 5.94. The van der Waals surface area contributed by atoms with Gasteiger partial charge in [-0.25, -0.2) is 4.79 Å². The number of nitrogens with one attached hydrogen (secondary N) is 3. The van der Waals surface area contributed by atoms with Crippen LogP contribution in [0.25, 0.3) is 5.70 Å². The van der Waals surface area contributed by atoms with E-state index in [1.165, 1.54) is 0 Å². The van der Waals surface area contributed by atoms with E-state index in [9.17, 15) is 19.6 Å². The van der Waals surface area contributed by atoms with Crippen LogP contribution >= 0.6 is 0 Å². The van der Waals surface area contributed by atoms with Crippen molar-refractivity contribution in [1.82, 2.24) is 30.6 Å². The molecule has 2 amide bonds. The number of benzene rings is 2. The van der Waals surface area contributed by atoms with Gasteiger partial charge in [0.1, 0.15) is 6.04 Å². The van der Waals surface area contributed by atoms with Crippen LogP contribution in [0.5, 0.6) is 0 Å². The fraction of sp³-hybridized carbons (Fsp3) is 0.486. The predicted octanol–water partition coefficient (Wildman–Crippen LogP) is 3.82. The van der Waals surface area contributed by atoms with Crippen molar-refractivity contribution in [3.8, 4) is 6.07 Å². The van der Waals surface area contributed by atoms with E-state index in [1.54, 1.807) is 16.7 Å². The van der Waals surface area contributed by atoms with Crippen molar-refractivity contribution in [2.45, 2.75) is 81.7 Å². The van der Waals surface area contributed by atoms with Gasteiger partial charge < -0.3 is 25.4 Å². The molecule has 2 heterocycles. The minimum absolute atomic E-state index is 0.00270. The van der Waals surface area contributed by atoms with Crippen LogP contribution in [-0.2, 0) is 23.1 Å². The molecule has 2 atom stereocenters. The summed E-state index contributed by atoms with van der Waals surface area (Å²) in [5.74, 6) is -0.352. The van der Waals surface area contributed by atoms with Gasteiger partial charge in [-0.3, -0.25) is 9.59 Å². The number of hydrogen-bond donors (Lipinski definition) is 3. The van der Waals surface area contributed by atoms with Gasteiger partial charge in [0.25, 0.3) is 5.91 Å². The van der Waals surface area contributed by atoms with Gasteiger partial charge in [-0.05, 0) is 97.5 Å². The van der Waals surface area contributed by atoms with Gasteiger partial charge in [-0.15, -0.1) is 0 Å². The van der Waals surface area contributed by atoms with E-state index < -0.39 is 11.2 Å². The summed E-state index contributed by atoms with van der Waals surface area (Å²) in [7, 11) is 3.47. The second-order valence-electron chi connectivity index (χ2n) is 13.2. The number of fused-ring (bicyclic) bond motifs is 2. The first-order valence-corrected chi connectivity index (χ1v) is 17.2. The molecule has 0 spiro atoms. The monoisotopic (exact) mass is 651 g/mol. The molecule has 252 valence electrons. The van der Waals surface area contributed by atoms with Crippen LogP contribution in [-0.4, -0.2) is 66.2 Å². The fourth-order valence-corrected chi connectivity index (χ4v) is 7.99. The summed E-state index contributed by atoms with van der Waals surface area (Å²) < 4.78 is 7.73. The zero-order chi connectivity index (χ0) is 33.8. The molecular formula is C37H45N7O4. The van der Waals surface area contributed by atoms with Crippen LogP contribution in [0, 0.1) is 11.3 Å². The molecule has 2 unspecified atom stereocenters. The second kappa shape index (κ2) is 14.2. The number of likely N-dealkylation sites (tertiary alicyclic amines) is 1. The normalized spacial score (nSPS) is 20.7. The highest BCUT2D eigenvalue weighted by Crippen LogP contribution is 2.48. The summed E-state index contributed by atoms with van der Waals surface area (Å²) in [6, 6.07) is 14.0. The fourth-order valence-electron chi connectivity index (χ4n) is 7.99. The van der Waals surface area contributed by atoms with E-state index in [2.05, 4.69) is 45.7 Å². The zero-order valence-corrected chi connectivity index (χ0v) is 27.9. The van der Waals surface area contributed by atoms with Crippen molar-refractivity contribution in [2.24, 2.45) is 0 Å². The highest BCUT2D eigenvalue weighted by atomic mass is 16.5. The Balaban J connectivity index is 1.50. The average molecular weight is 652 g/mol. The van der Waals surface area contributed by atoms with Crippen molar-refractivity contribution in [1.29, 1.82) is 5.26 Å². The Morgan fingerprint density at radius 3 is 2.35 bits per heavy atom. The number of nitriles is 1. The van der Waals surface area contributed by atoms with Crippen molar-refractivity contribution in [3.63, 3.8) is 0 Å². The first-order chi connectivity index (χ1) is 23.3. The molecule has 1 saturated heterocycles. The molecule has 48 heavy (non-hydrogen) atoms. The average Bonchev–Trinajstić information content (AvgIpc) is 3.74. The summed E-state index contributed by atoms with van der Waals surface area (Å²) in [4.78, 5) is 45.5. The summed E-state index contributed by atoms with van der Waals surface area (Å²) in [6.45, 7) is 5.30. The summed E-state index contributed by atoms with van der Waals surface area (Å²) in [5.41, 5.74) is 5.45. The molecule has 3 N–H and O–H groups in total. The SMILES string of the molecule is C=C(NC)c1ccc2c(c1)CCc1cc(C(=O)NC)ccc1C2(CCNCC(=O)N1CCCC1C#N)c1nc(=O)on1C1CCCCC1. The smallest absolute Gasteiger partial charge is 0.388 e. The molecule has 1 aliphatic heterocycles. The molecule has 11 heteroatoms. The summed E-state index contributed by atoms with van der Waals surface area (Å²) in [6.07, 6.45) is 8.37. The number of carbonyl (C=O) groups excluding carboxylic acids is 2. The zero-order valence-electron chi connectivity index (χ0n) is 27.9. The van der Waals surface area contributed by atoms with Crippen LogP contribution in [0.4, 0.5) is 0 Å². The van der Waals surface area contributed by atoms with Crippen LogP contribution in [0.2, 0.25) is 0 Å². The molecule has 2 aliphatic carbocycles. The standard InChI is InChI=1S/C37H45N7O4/c1-24(39-2)25-13-15-31-26(20-25)11-12-27-21-28(34(46)40-3)14-16-32(27)37(31,17-18-41-23-33(45)43-19-7-10-30(43)22-38)35-42-36(47)48-44(35)29-8-5-4-6-9-29/h13-16,20-21,29-30,39,41H,1,4-12,17-19,23H2,2-3H3,(H,40,46). The summed E-state index contributed by atoms with van der Waals surface area (Å²) >= 11 is 0. The summed E-state index contributed by atoms with van der Waals surface area (Å²) in [5, 5.41) is 18.8. The Hall–Kier alpha value is -4.69. The molecule has 0 bridgehead atoms. The van der Waals surface area contributed by atoms with E-state index in [4.69, 9.17) is 4.52 Å². The number of amides is 2. The molecule has 0 radical (unpaired) electrons. The third kappa shape index (κ3) is 6.17. The Morgan fingerprint density at radius 1 is 1.00 bits per heavy atom. The molecule has 2 aromatic carbocycles. The number of aryl methyl sites for hydroxylation is 2. The molecule has 1 saturated carbocycles. The minimum Gasteiger partial charge on any atom is -0.388 e. The van der Waals surface area contributed by atoms with Gasteiger partial charge in [-0.2, -0.15) is 15.0 Å². The third-order valence-corrected chi connectivity index (χ3v) is 10.5. The molecule has 2 fully saturated rings. The number of rotatable bonds is 10. The molecule has 1 aromatic heterocycles. The third-order valence-electron chi connectivity index (χ3n) is 10.5. The van der Waals surface area contributed by atoms with Gasteiger partial charge >= 0.3 is 5.76 Å². The Labute approximate surface area is 281 Å². The Kier molecular flexibility index (Phi) is 9.83. The molecule has 3 aliphatic rings. The lowest BCUT2D eigenvalue weighted by Crippen LogP contribution is -2.43. The first-order valence-electron chi connectivity index (χ1n) is 17.2. The van der Waals surface area contributed by atoms with Gasteiger partial charge in [0, 0.05) is 31.9 Å². The van der Waals surface area contributed by atoms with E-state index in [0.717, 1.165) is 72.0 Å². The highest BCUT2D eigenvalue weighted by Gasteiger charge is 2.46. The topological polar surface area (TPSA) is 145 Å². The van der Waals surface area contributed by atoms with Crippen LogP contribution in [0.3, 0.4) is 0 Å².